The summed E-state index contributed by atoms with van der Waals surface area (Å²) in [6, 6.07) is 7.52. The highest BCUT2D eigenvalue weighted by Crippen LogP contribution is 2.27. The van der Waals surface area contributed by atoms with E-state index in [0.717, 1.165) is 27.5 Å². The van der Waals surface area contributed by atoms with Gasteiger partial charge in [-0.2, -0.15) is 11.3 Å². The number of aromatic nitrogens is 1. The second-order valence-corrected chi connectivity index (χ2v) is 6.53. The molecule has 0 unspecified atom stereocenters. The number of hydrogen-bond acceptors (Lipinski definition) is 5. The second kappa shape index (κ2) is 6.58. The van der Waals surface area contributed by atoms with Crippen molar-refractivity contribution in [2.45, 2.75) is 13.2 Å². The average molecular weight is 337 g/mol. The van der Waals surface area contributed by atoms with Gasteiger partial charge in [0.1, 0.15) is 5.01 Å². The van der Waals surface area contributed by atoms with Crippen LogP contribution in [0.1, 0.15) is 11.3 Å². The number of aliphatic hydroxyl groups excluding tert-OH is 1. The normalized spacial score (nSPS) is 10.8. The molecule has 0 aliphatic rings. The van der Waals surface area contributed by atoms with Crippen LogP contribution in [0.3, 0.4) is 0 Å². The van der Waals surface area contributed by atoms with E-state index in [1.165, 1.54) is 0 Å². The third-order valence-electron chi connectivity index (χ3n) is 2.99. The lowest BCUT2D eigenvalue weighted by molar-refractivity contribution is 0.282. The van der Waals surface area contributed by atoms with Crippen LogP contribution in [-0.2, 0) is 13.2 Å². The predicted molar refractivity (Wildman–Crippen MR) is 90.1 cm³/mol. The monoisotopic (exact) mass is 336 g/mol. The Balaban J connectivity index is 1.71. The first-order chi connectivity index (χ1) is 10.3. The molecule has 2 N–H and O–H groups in total. The molecule has 3 aromatic rings. The summed E-state index contributed by atoms with van der Waals surface area (Å²) in [5.41, 5.74) is 3.79. The summed E-state index contributed by atoms with van der Waals surface area (Å²) in [4.78, 5) is 4.61. The molecule has 3 rings (SSSR count). The number of aliphatic hydroxyl groups is 1. The van der Waals surface area contributed by atoms with E-state index in [-0.39, 0.29) is 6.61 Å². The molecule has 1 aromatic carbocycles. The van der Waals surface area contributed by atoms with E-state index in [1.807, 2.05) is 17.5 Å². The van der Waals surface area contributed by atoms with Crippen molar-refractivity contribution in [3.63, 3.8) is 0 Å². The zero-order valence-electron chi connectivity index (χ0n) is 11.0. The maximum absolute atomic E-state index is 9.17. The Kier molecular flexibility index (Phi) is 4.55. The van der Waals surface area contributed by atoms with E-state index in [0.29, 0.717) is 11.6 Å². The number of nitrogens with zero attached hydrogens (tertiary/aromatic N) is 1. The molecule has 0 fully saturated rings. The first-order valence-electron chi connectivity index (χ1n) is 6.36. The molecular weight excluding hydrogens is 324 g/mol. The quantitative estimate of drug-likeness (QED) is 0.714. The molecule has 0 saturated heterocycles. The second-order valence-electron chi connectivity index (χ2n) is 4.48. The molecule has 21 heavy (non-hydrogen) atoms. The van der Waals surface area contributed by atoms with E-state index >= 15 is 0 Å². The summed E-state index contributed by atoms with van der Waals surface area (Å²) in [6.07, 6.45) is 0. The standard InChI is InChI=1S/C15H13ClN2OS2/c16-13-2-1-10(7-19)5-14(13)17-6-12-9-21-15(18-12)11-3-4-20-8-11/h1-5,8-9,17,19H,6-7H2. The molecule has 0 radical (unpaired) electrons. The molecule has 108 valence electrons. The predicted octanol–water partition coefficient (Wildman–Crippen LogP) is 4.63. The Morgan fingerprint density at radius 1 is 1.24 bits per heavy atom. The average Bonchev–Trinajstić information content (AvgIpc) is 3.17. The van der Waals surface area contributed by atoms with Crippen molar-refractivity contribution in [3.05, 3.63) is 56.7 Å². The molecule has 6 heteroatoms. The summed E-state index contributed by atoms with van der Waals surface area (Å²) < 4.78 is 0. The minimum atomic E-state index is 0.00482. The van der Waals surface area contributed by atoms with Gasteiger partial charge in [-0.15, -0.1) is 11.3 Å². The van der Waals surface area contributed by atoms with Crippen LogP contribution in [0.2, 0.25) is 5.02 Å². The Labute approximate surface area is 135 Å². The molecule has 2 heterocycles. The van der Waals surface area contributed by atoms with E-state index in [9.17, 15) is 0 Å². The molecule has 0 saturated carbocycles. The molecule has 0 bridgehead atoms. The minimum absolute atomic E-state index is 0.00482. The van der Waals surface area contributed by atoms with Crippen LogP contribution in [0.15, 0.2) is 40.4 Å². The lowest BCUT2D eigenvalue weighted by Crippen LogP contribution is -2.01. The fourth-order valence-corrected chi connectivity index (χ4v) is 3.62. The lowest BCUT2D eigenvalue weighted by atomic mass is 10.2. The highest BCUT2D eigenvalue weighted by molar-refractivity contribution is 7.14. The van der Waals surface area contributed by atoms with E-state index in [4.69, 9.17) is 16.7 Å². The highest BCUT2D eigenvalue weighted by atomic mass is 35.5. The van der Waals surface area contributed by atoms with Gasteiger partial charge in [-0.25, -0.2) is 4.98 Å². The summed E-state index contributed by atoms with van der Waals surface area (Å²) in [5, 5.41) is 20.3. The molecule has 2 aromatic heterocycles. The molecule has 0 aliphatic carbocycles. The summed E-state index contributed by atoms with van der Waals surface area (Å²) in [5.74, 6) is 0. The summed E-state index contributed by atoms with van der Waals surface area (Å²) in [6.45, 7) is 0.611. The Morgan fingerprint density at radius 3 is 2.90 bits per heavy atom. The van der Waals surface area contributed by atoms with Gasteiger partial charge in [0.05, 0.1) is 29.6 Å². The van der Waals surface area contributed by atoms with Crippen molar-refractivity contribution in [3.8, 4) is 10.6 Å². The summed E-state index contributed by atoms with van der Waals surface area (Å²) >= 11 is 9.45. The van der Waals surface area contributed by atoms with E-state index in [2.05, 4.69) is 27.1 Å². The fraction of sp³-hybridized carbons (Fsp3) is 0.133. The zero-order valence-corrected chi connectivity index (χ0v) is 13.4. The number of thiazole rings is 1. The third kappa shape index (κ3) is 3.44. The van der Waals surface area contributed by atoms with Crippen LogP contribution in [0.5, 0.6) is 0 Å². The first kappa shape index (κ1) is 14.5. The number of hydrogen-bond donors (Lipinski definition) is 2. The van der Waals surface area contributed by atoms with Gasteiger partial charge in [-0.3, -0.25) is 0 Å². The molecule has 0 amide bonds. The molecule has 0 spiro atoms. The number of halogens is 1. The fourth-order valence-electron chi connectivity index (χ4n) is 1.90. The Hall–Kier alpha value is -1.40. The van der Waals surface area contributed by atoms with Gasteiger partial charge in [0.2, 0.25) is 0 Å². The van der Waals surface area contributed by atoms with Crippen LogP contribution in [0, 0.1) is 0 Å². The van der Waals surface area contributed by atoms with Crippen LogP contribution >= 0.6 is 34.3 Å². The molecule has 3 nitrogen and oxygen atoms in total. The lowest BCUT2D eigenvalue weighted by Gasteiger charge is -2.08. The zero-order chi connectivity index (χ0) is 14.7. The maximum Gasteiger partial charge on any atom is 0.124 e. The van der Waals surface area contributed by atoms with Crippen molar-refractivity contribution in [2.75, 3.05) is 5.32 Å². The van der Waals surface area contributed by atoms with Crippen LogP contribution in [-0.4, -0.2) is 10.1 Å². The van der Waals surface area contributed by atoms with E-state index < -0.39 is 0 Å². The van der Waals surface area contributed by atoms with Gasteiger partial charge in [-0.05, 0) is 29.1 Å². The largest absolute Gasteiger partial charge is 0.392 e. The van der Waals surface area contributed by atoms with Crippen molar-refractivity contribution in [1.82, 2.24) is 4.98 Å². The number of nitrogens with one attached hydrogen (secondary N) is 1. The smallest absolute Gasteiger partial charge is 0.124 e. The Morgan fingerprint density at radius 2 is 2.14 bits per heavy atom. The van der Waals surface area contributed by atoms with Crippen LogP contribution in [0.4, 0.5) is 5.69 Å². The number of anilines is 1. The molecule has 0 aliphatic heterocycles. The van der Waals surface area contributed by atoms with Gasteiger partial charge in [0, 0.05) is 16.3 Å². The SMILES string of the molecule is OCc1ccc(Cl)c(NCc2csc(-c3ccsc3)n2)c1. The Bertz CT molecular complexity index is 725. The van der Waals surface area contributed by atoms with Gasteiger partial charge in [0.15, 0.2) is 0 Å². The third-order valence-corrected chi connectivity index (χ3v) is 4.95. The number of thiophene rings is 1. The van der Waals surface area contributed by atoms with Gasteiger partial charge in [0.25, 0.3) is 0 Å². The van der Waals surface area contributed by atoms with Gasteiger partial charge < -0.3 is 10.4 Å². The summed E-state index contributed by atoms with van der Waals surface area (Å²) in [7, 11) is 0. The highest BCUT2D eigenvalue weighted by Gasteiger charge is 2.06. The first-order valence-corrected chi connectivity index (χ1v) is 8.56. The maximum atomic E-state index is 9.17. The number of rotatable bonds is 5. The minimum Gasteiger partial charge on any atom is -0.392 e. The van der Waals surface area contributed by atoms with Crippen molar-refractivity contribution >= 4 is 40.0 Å². The van der Waals surface area contributed by atoms with Crippen molar-refractivity contribution in [2.24, 2.45) is 0 Å². The number of benzene rings is 1. The van der Waals surface area contributed by atoms with Crippen molar-refractivity contribution in [1.29, 1.82) is 0 Å². The van der Waals surface area contributed by atoms with Crippen LogP contribution in [0.25, 0.3) is 10.6 Å². The van der Waals surface area contributed by atoms with E-state index in [1.54, 1.807) is 28.7 Å². The van der Waals surface area contributed by atoms with Gasteiger partial charge >= 0.3 is 0 Å². The van der Waals surface area contributed by atoms with Crippen molar-refractivity contribution < 1.29 is 5.11 Å². The topological polar surface area (TPSA) is 45.1 Å². The molecular formula is C15H13ClN2OS2. The van der Waals surface area contributed by atoms with Crippen LogP contribution < -0.4 is 5.32 Å². The van der Waals surface area contributed by atoms with Gasteiger partial charge in [-0.1, -0.05) is 17.7 Å². The molecule has 0 atom stereocenters.